The van der Waals surface area contributed by atoms with Gasteiger partial charge < -0.3 is 15.8 Å². The molecule has 6 N–H and O–H groups in total. The maximum Gasteiger partial charge on any atom is 0.323 e. The van der Waals surface area contributed by atoms with Gasteiger partial charge in [0.25, 0.3) is 0 Å². The zero-order valence-corrected chi connectivity index (χ0v) is 11.9. The number of primary amides is 1. The molecule has 0 aliphatic rings. The first kappa shape index (κ1) is 15.9. The lowest BCUT2D eigenvalue weighted by molar-refractivity contribution is -0.121. The van der Waals surface area contributed by atoms with E-state index < -0.39 is 11.4 Å². The van der Waals surface area contributed by atoms with Crippen molar-refractivity contribution in [3.05, 3.63) is 0 Å². The summed E-state index contributed by atoms with van der Waals surface area (Å²) in [6, 6.07) is 0.125. The average Bonchev–Trinajstić information content (AvgIpc) is 2.44. The maximum absolute atomic E-state index is 11.5. The zero-order valence-electron chi connectivity index (χ0n) is 11.9. The molecular formula is C11H21N7O2. The summed E-state index contributed by atoms with van der Waals surface area (Å²) in [6.07, 6.45) is 1.29. The molecule has 1 atom stereocenters. The highest BCUT2D eigenvalue weighted by Gasteiger charge is 2.30. The largest absolute Gasteiger partial charge is 0.463 e. The highest BCUT2D eigenvalue weighted by atomic mass is 16.5. The molecule has 20 heavy (non-hydrogen) atoms. The average molecular weight is 283 g/mol. The summed E-state index contributed by atoms with van der Waals surface area (Å²) in [5, 5.41) is 2.88. The van der Waals surface area contributed by atoms with Gasteiger partial charge in [0.2, 0.25) is 17.8 Å². The van der Waals surface area contributed by atoms with E-state index in [-0.39, 0.29) is 17.9 Å². The zero-order chi connectivity index (χ0) is 15.2. The first-order valence-corrected chi connectivity index (χ1v) is 6.38. The summed E-state index contributed by atoms with van der Waals surface area (Å²) < 4.78 is 5.33. The molecule has 0 saturated heterocycles. The Hall–Kier alpha value is -2.16. The fourth-order valence-electron chi connectivity index (χ4n) is 1.31. The minimum atomic E-state index is -0.963. The molecule has 0 saturated carbocycles. The van der Waals surface area contributed by atoms with Crippen LogP contribution in [0.2, 0.25) is 0 Å². The number of hydrogen-bond acceptors (Lipinski definition) is 8. The third-order valence-electron chi connectivity index (χ3n) is 2.82. The standard InChI is InChI=1S/C11H21N7O2/c1-4-6-20-10-15-8(14-9(16-10)18-13)17-11(3,5-2)7(12)19/h4-6,13H2,1-3H3,(H2,12,19)(H2,14,15,16,17,18). The number of anilines is 2. The molecule has 0 aliphatic carbocycles. The Bertz CT molecular complexity index is 468. The summed E-state index contributed by atoms with van der Waals surface area (Å²) in [5.41, 5.74) is 6.73. The number of ether oxygens (including phenoxy) is 1. The van der Waals surface area contributed by atoms with E-state index in [1.807, 2.05) is 13.8 Å². The summed E-state index contributed by atoms with van der Waals surface area (Å²) >= 11 is 0. The molecule has 0 fully saturated rings. The Labute approximate surface area is 117 Å². The number of nitrogen functional groups attached to an aromatic ring is 1. The van der Waals surface area contributed by atoms with Gasteiger partial charge in [0.05, 0.1) is 6.61 Å². The maximum atomic E-state index is 11.5. The van der Waals surface area contributed by atoms with Crippen molar-refractivity contribution < 1.29 is 9.53 Å². The number of nitrogens with one attached hydrogen (secondary N) is 2. The Morgan fingerprint density at radius 2 is 1.95 bits per heavy atom. The fraction of sp³-hybridized carbons (Fsp3) is 0.636. The predicted octanol–water partition coefficient (Wildman–Crippen LogP) is 0.0119. The number of nitrogens with two attached hydrogens (primary N) is 2. The number of hydrogen-bond donors (Lipinski definition) is 4. The Morgan fingerprint density at radius 3 is 2.45 bits per heavy atom. The highest BCUT2D eigenvalue weighted by Crippen LogP contribution is 2.18. The summed E-state index contributed by atoms with van der Waals surface area (Å²) in [4.78, 5) is 23.5. The summed E-state index contributed by atoms with van der Waals surface area (Å²) in [5.74, 6) is 5.10. The lowest BCUT2D eigenvalue weighted by Crippen LogP contribution is -2.47. The van der Waals surface area contributed by atoms with Crippen LogP contribution in [0.5, 0.6) is 6.01 Å². The third-order valence-corrected chi connectivity index (χ3v) is 2.82. The predicted molar refractivity (Wildman–Crippen MR) is 74.9 cm³/mol. The van der Waals surface area contributed by atoms with Crippen molar-refractivity contribution in [3.63, 3.8) is 0 Å². The molecule has 1 amide bonds. The molecule has 9 heteroatoms. The fourth-order valence-corrected chi connectivity index (χ4v) is 1.31. The SMILES string of the molecule is CCCOc1nc(NN)nc(NC(C)(CC)C(N)=O)n1. The lowest BCUT2D eigenvalue weighted by atomic mass is 9.98. The molecule has 1 aromatic rings. The van der Waals surface area contributed by atoms with Gasteiger partial charge in [-0.25, -0.2) is 5.84 Å². The van der Waals surface area contributed by atoms with Gasteiger partial charge in [0.1, 0.15) is 5.54 Å². The normalized spacial score (nSPS) is 13.4. The molecule has 0 aromatic carbocycles. The Morgan fingerprint density at radius 1 is 1.30 bits per heavy atom. The van der Waals surface area contributed by atoms with Crippen molar-refractivity contribution in [2.24, 2.45) is 11.6 Å². The van der Waals surface area contributed by atoms with E-state index in [0.29, 0.717) is 13.0 Å². The van der Waals surface area contributed by atoms with Gasteiger partial charge in [0, 0.05) is 0 Å². The number of carbonyl (C=O) groups excluding carboxylic acids is 1. The van der Waals surface area contributed by atoms with Crippen molar-refractivity contribution in [1.29, 1.82) is 0 Å². The molecule has 1 heterocycles. The molecule has 0 aliphatic heterocycles. The second-order valence-corrected chi connectivity index (χ2v) is 4.43. The van der Waals surface area contributed by atoms with E-state index in [9.17, 15) is 4.79 Å². The number of rotatable bonds is 8. The number of aromatic nitrogens is 3. The molecular weight excluding hydrogens is 262 g/mol. The van der Waals surface area contributed by atoms with Crippen molar-refractivity contribution in [2.75, 3.05) is 17.3 Å². The van der Waals surface area contributed by atoms with Crippen LogP contribution in [-0.4, -0.2) is 33.0 Å². The van der Waals surface area contributed by atoms with E-state index in [2.05, 4.69) is 25.7 Å². The van der Waals surface area contributed by atoms with Crippen LogP contribution in [-0.2, 0) is 4.79 Å². The highest BCUT2D eigenvalue weighted by molar-refractivity contribution is 5.86. The number of carbonyl (C=O) groups is 1. The van der Waals surface area contributed by atoms with Crippen molar-refractivity contribution in [1.82, 2.24) is 15.0 Å². The van der Waals surface area contributed by atoms with Crippen LogP contribution in [0.15, 0.2) is 0 Å². The molecule has 112 valence electrons. The van der Waals surface area contributed by atoms with Crippen LogP contribution < -0.4 is 27.1 Å². The first-order valence-electron chi connectivity index (χ1n) is 6.38. The van der Waals surface area contributed by atoms with Crippen LogP contribution in [0.1, 0.15) is 33.6 Å². The van der Waals surface area contributed by atoms with E-state index in [4.69, 9.17) is 16.3 Å². The van der Waals surface area contributed by atoms with Gasteiger partial charge >= 0.3 is 6.01 Å². The monoisotopic (exact) mass is 283 g/mol. The minimum Gasteiger partial charge on any atom is -0.463 e. The van der Waals surface area contributed by atoms with E-state index in [0.717, 1.165) is 6.42 Å². The smallest absolute Gasteiger partial charge is 0.323 e. The third kappa shape index (κ3) is 3.92. The van der Waals surface area contributed by atoms with E-state index in [1.165, 1.54) is 0 Å². The van der Waals surface area contributed by atoms with Crippen LogP contribution in [0.3, 0.4) is 0 Å². The Balaban J connectivity index is 3.01. The van der Waals surface area contributed by atoms with Crippen LogP contribution in [0.25, 0.3) is 0 Å². The van der Waals surface area contributed by atoms with Gasteiger partial charge in [-0.15, -0.1) is 0 Å². The summed E-state index contributed by atoms with van der Waals surface area (Å²) in [6.45, 7) is 5.93. The topological polar surface area (TPSA) is 141 Å². The van der Waals surface area contributed by atoms with Crippen molar-refractivity contribution in [3.8, 4) is 6.01 Å². The van der Waals surface area contributed by atoms with Gasteiger partial charge in [-0.05, 0) is 19.8 Å². The molecule has 0 bridgehead atoms. The Kier molecular flexibility index (Phi) is 5.44. The number of amides is 1. The van der Waals surface area contributed by atoms with Gasteiger partial charge in [0.15, 0.2) is 0 Å². The van der Waals surface area contributed by atoms with Crippen LogP contribution >= 0.6 is 0 Å². The molecule has 0 radical (unpaired) electrons. The molecule has 9 nitrogen and oxygen atoms in total. The molecule has 0 spiro atoms. The van der Waals surface area contributed by atoms with E-state index in [1.54, 1.807) is 6.92 Å². The molecule has 1 unspecified atom stereocenters. The quantitative estimate of drug-likeness (QED) is 0.386. The van der Waals surface area contributed by atoms with Crippen molar-refractivity contribution in [2.45, 2.75) is 39.2 Å². The minimum absolute atomic E-state index is 0.125. The van der Waals surface area contributed by atoms with Crippen LogP contribution in [0, 0.1) is 0 Å². The number of hydrazine groups is 1. The number of nitrogens with zero attached hydrogens (tertiary/aromatic N) is 3. The molecule has 1 rings (SSSR count). The second-order valence-electron chi connectivity index (χ2n) is 4.43. The van der Waals surface area contributed by atoms with E-state index >= 15 is 0 Å². The van der Waals surface area contributed by atoms with Gasteiger partial charge in [-0.3, -0.25) is 10.2 Å². The summed E-state index contributed by atoms with van der Waals surface area (Å²) in [7, 11) is 0. The first-order chi connectivity index (χ1) is 9.45. The second kappa shape index (κ2) is 6.85. The van der Waals surface area contributed by atoms with Crippen LogP contribution in [0.4, 0.5) is 11.9 Å². The lowest BCUT2D eigenvalue weighted by Gasteiger charge is -2.25. The molecule has 1 aromatic heterocycles. The van der Waals surface area contributed by atoms with Gasteiger partial charge in [-0.2, -0.15) is 15.0 Å². The van der Waals surface area contributed by atoms with Gasteiger partial charge in [-0.1, -0.05) is 13.8 Å². The van der Waals surface area contributed by atoms with Crippen molar-refractivity contribution >= 4 is 17.8 Å².